The number of hydrogen-bond donors (Lipinski definition) is 1. The Morgan fingerprint density at radius 3 is 2.04 bits per heavy atom. The van der Waals surface area contributed by atoms with Crippen molar-refractivity contribution in [2.24, 2.45) is 0 Å². The van der Waals surface area contributed by atoms with Crippen molar-refractivity contribution in [3.05, 3.63) is 131 Å². The molecular formula is C35H37F2N3O4S. The number of nitrogens with zero attached hydrogens (tertiary/aromatic N) is 2. The molecule has 45 heavy (non-hydrogen) atoms. The number of rotatable bonds is 13. The van der Waals surface area contributed by atoms with E-state index >= 15 is 4.39 Å². The van der Waals surface area contributed by atoms with Gasteiger partial charge in [0.2, 0.25) is 11.8 Å². The normalized spacial score (nSPS) is 12.6. The molecule has 0 unspecified atom stereocenters. The van der Waals surface area contributed by atoms with Crippen LogP contribution in [0.3, 0.4) is 0 Å². The van der Waals surface area contributed by atoms with Crippen molar-refractivity contribution in [3.63, 3.8) is 0 Å². The third-order valence-electron chi connectivity index (χ3n) is 7.58. The van der Waals surface area contributed by atoms with Crippen LogP contribution >= 0.6 is 0 Å². The minimum atomic E-state index is -4.46. The van der Waals surface area contributed by atoms with Gasteiger partial charge in [0, 0.05) is 24.6 Å². The molecule has 4 aromatic rings. The first-order valence-corrected chi connectivity index (χ1v) is 16.2. The number of halogens is 2. The first kappa shape index (κ1) is 33.3. The van der Waals surface area contributed by atoms with E-state index in [0.29, 0.717) is 10.7 Å². The molecule has 0 fully saturated rings. The summed E-state index contributed by atoms with van der Waals surface area (Å²) in [4.78, 5) is 29.2. The van der Waals surface area contributed by atoms with Gasteiger partial charge in [-0.2, -0.15) is 0 Å². The Morgan fingerprint density at radius 2 is 1.42 bits per heavy atom. The number of carbonyl (C=O) groups is 2. The topological polar surface area (TPSA) is 86.8 Å². The summed E-state index contributed by atoms with van der Waals surface area (Å²) in [5.41, 5.74) is 1.36. The van der Waals surface area contributed by atoms with Gasteiger partial charge in [0.1, 0.15) is 24.2 Å². The van der Waals surface area contributed by atoms with Crippen molar-refractivity contribution in [2.75, 3.05) is 10.8 Å². The second-order valence-electron chi connectivity index (χ2n) is 10.9. The molecule has 0 radical (unpaired) electrons. The van der Waals surface area contributed by atoms with E-state index in [0.717, 1.165) is 17.2 Å². The number of para-hydroxylation sites is 1. The van der Waals surface area contributed by atoms with Crippen LogP contribution in [-0.4, -0.2) is 43.8 Å². The molecule has 7 nitrogen and oxygen atoms in total. The van der Waals surface area contributed by atoms with Gasteiger partial charge in [-0.25, -0.2) is 17.2 Å². The number of anilines is 1. The molecule has 0 aliphatic carbocycles. The molecule has 0 saturated heterocycles. The number of benzene rings is 4. The van der Waals surface area contributed by atoms with Crippen LogP contribution in [0.25, 0.3) is 0 Å². The molecule has 0 bridgehead atoms. The van der Waals surface area contributed by atoms with E-state index in [-0.39, 0.29) is 35.2 Å². The van der Waals surface area contributed by atoms with Gasteiger partial charge in [0.25, 0.3) is 10.0 Å². The SMILES string of the molecule is CC[C@@H](C)NC(=O)[C@@H](Cc1ccccc1)N(Cc1ccccc1F)C(=O)CN(c1ccccc1F)S(=O)(=O)c1ccc(C)cc1. The summed E-state index contributed by atoms with van der Waals surface area (Å²) in [7, 11) is -4.46. The van der Waals surface area contributed by atoms with Crippen molar-refractivity contribution in [3.8, 4) is 0 Å². The van der Waals surface area contributed by atoms with E-state index < -0.39 is 46.1 Å². The first-order valence-electron chi connectivity index (χ1n) is 14.7. The van der Waals surface area contributed by atoms with Crippen LogP contribution in [0.2, 0.25) is 0 Å². The lowest BCUT2D eigenvalue weighted by molar-refractivity contribution is -0.140. The summed E-state index contributed by atoms with van der Waals surface area (Å²) in [6.07, 6.45) is 0.703. The lowest BCUT2D eigenvalue weighted by Gasteiger charge is -2.34. The average molecular weight is 634 g/mol. The summed E-state index contributed by atoms with van der Waals surface area (Å²) >= 11 is 0. The van der Waals surface area contributed by atoms with E-state index in [1.165, 1.54) is 53.4 Å². The largest absolute Gasteiger partial charge is 0.352 e. The van der Waals surface area contributed by atoms with Crippen LogP contribution in [0.4, 0.5) is 14.5 Å². The smallest absolute Gasteiger partial charge is 0.264 e. The monoisotopic (exact) mass is 633 g/mol. The van der Waals surface area contributed by atoms with E-state index in [9.17, 15) is 22.4 Å². The Labute approximate surface area is 263 Å². The fourth-order valence-electron chi connectivity index (χ4n) is 4.81. The van der Waals surface area contributed by atoms with Crippen molar-refractivity contribution in [2.45, 2.75) is 57.1 Å². The Hall–Kier alpha value is -4.57. The molecule has 0 aromatic heterocycles. The third kappa shape index (κ3) is 8.33. The molecule has 2 atom stereocenters. The zero-order valence-electron chi connectivity index (χ0n) is 25.5. The van der Waals surface area contributed by atoms with E-state index in [2.05, 4.69) is 5.32 Å². The zero-order valence-corrected chi connectivity index (χ0v) is 26.3. The molecule has 2 amide bonds. The number of carbonyl (C=O) groups excluding carboxylic acids is 2. The standard InChI is InChI=1S/C35H37F2N3O4S/c1-4-26(3)38-35(42)33(22-27-12-6-5-7-13-27)39(23-28-14-8-9-15-30(28)36)34(41)24-40(32-17-11-10-16-31(32)37)45(43,44)29-20-18-25(2)19-21-29/h5-21,26,33H,4,22-24H2,1-3H3,(H,38,42)/t26-,33-/m1/s1. The molecule has 0 heterocycles. The number of nitrogens with one attached hydrogen (secondary N) is 1. The molecule has 1 N–H and O–H groups in total. The minimum absolute atomic E-state index is 0.0771. The highest BCUT2D eigenvalue weighted by Gasteiger charge is 2.36. The quantitative estimate of drug-likeness (QED) is 0.195. The van der Waals surface area contributed by atoms with E-state index in [1.54, 1.807) is 37.3 Å². The van der Waals surface area contributed by atoms with Crippen LogP contribution in [0.1, 0.15) is 37.0 Å². The number of hydrogen-bond acceptors (Lipinski definition) is 4. The van der Waals surface area contributed by atoms with Gasteiger partial charge >= 0.3 is 0 Å². The van der Waals surface area contributed by atoms with Crippen molar-refractivity contribution in [1.82, 2.24) is 10.2 Å². The van der Waals surface area contributed by atoms with Crippen molar-refractivity contribution in [1.29, 1.82) is 0 Å². The number of aryl methyl sites for hydroxylation is 1. The van der Waals surface area contributed by atoms with Gasteiger partial charge in [0.15, 0.2) is 0 Å². The maximum Gasteiger partial charge on any atom is 0.264 e. The molecule has 0 aliphatic heterocycles. The van der Waals surface area contributed by atoms with Crippen molar-refractivity contribution >= 4 is 27.5 Å². The van der Waals surface area contributed by atoms with Crippen LogP contribution in [0.15, 0.2) is 108 Å². The van der Waals surface area contributed by atoms with Crippen LogP contribution in [-0.2, 0) is 32.6 Å². The molecule has 0 aliphatic rings. The summed E-state index contributed by atoms with van der Waals surface area (Å²) in [5.74, 6) is -2.72. The lowest BCUT2D eigenvalue weighted by atomic mass is 10.0. The van der Waals surface area contributed by atoms with Crippen LogP contribution in [0.5, 0.6) is 0 Å². The fourth-order valence-corrected chi connectivity index (χ4v) is 6.23. The highest BCUT2D eigenvalue weighted by molar-refractivity contribution is 7.92. The molecule has 4 rings (SSSR count). The highest BCUT2D eigenvalue weighted by Crippen LogP contribution is 2.27. The number of sulfonamides is 1. The summed E-state index contributed by atoms with van der Waals surface area (Å²) < 4.78 is 58.9. The van der Waals surface area contributed by atoms with Gasteiger partial charge in [-0.1, -0.05) is 85.3 Å². The maximum atomic E-state index is 15.2. The molecule has 0 saturated carbocycles. The Bertz CT molecular complexity index is 1720. The van der Waals surface area contributed by atoms with E-state index in [4.69, 9.17) is 0 Å². The Balaban J connectivity index is 1.83. The summed E-state index contributed by atoms with van der Waals surface area (Å²) in [5, 5.41) is 2.92. The van der Waals surface area contributed by atoms with Crippen LogP contribution < -0.4 is 9.62 Å². The molecular weight excluding hydrogens is 596 g/mol. The minimum Gasteiger partial charge on any atom is -0.352 e. The lowest BCUT2D eigenvalue weighted by Crippen LogP contribution is -2.54. The van der Waals surface area contributed by atoms with Gasteiger partial charge in [-0.15, -0.1) is 0 Å². The molecule has 0 spiro atoms. The second kappa shape index (κ2) is 14.9. The van der Waals surface area contributed by atoms with E-state index in [1.807, 2.05) is 32.0 Å². The van der Waals surface area contributed by atoms with Gasteiger partial charge in [-0.3, -0.25) is 13.9 Å². The van der Waals surface area contributed by atoms with Gasteiger partial charge < -0.3 is 10.2 Å². The highest BCUT2D eigenvalue weighted by atomic mass is 32.2. The maximum absolute atomic E-state index is 15.2. The summed E-state index contributed by atoms with van der Waals surface area (Å²) in [6, 6.07) is 24.8. The fraction of sp³-hybridized carbons (Fsp3) is 0.257. The average Bonchev–Trinajstić information content (AvgIpc) is 3.03. The van der Waals surface area contributed by atoms with Crippen LogP contribution in [0, 0.1) is 18.6 Å². The Kier molecular flexibility index (Phi) is 11.1. The number of amides is 2. The van der Waals surface area contributed by atoms with Gasteiger partial charge in [-0.05, 0) is 56.2 Å². The predicted molar refractivity (Wildman–Crippen MR) is 171 cm³/mol. The van der Waals surface area contributed by atoms with Crippen molar-refractivity contribution < 1.29 is 26.8 Å². The first-order chi connectivity index (χ1) is 21.5. The molecule has 4 aromatic carbocycles. The Morgan fingerprint density at radius 1 is 0.822 bits per heavy atom. The molecule has 236 valence electrons. The molecule has 10 heteroatoms. The second-order valence-corrected chi connectivity index (χ2v) is 12.8. The predicted octanol–water partition coefficient (Wildman–Crippen LogP) is 6.02. The zero-order chi connectivity index (χ0) is 32.6. The van der Waals surface area contributed by atoms with Gasteiger partial charge in [0.05, 0.1) is 10.6 Å². The third-order valence-corrected chi connectivity index (χ3v) is 9.35. The summed E-state index contributed by atoms with van der Waals surface area (Å²) in [6.45, 7) is 4.36.